The van der Waals surface area contributed by atoms with E-state index < -0.39 is 0 Å². The van der Waals surface area contributed by atoms with Gasteiger partial charge in [0.25, 0.3) is 0 Å². The van der Waals surface area contributed by atoms with Crippen molar-refractivity contribution in [1.82, 2.24) is 15.4 Å². The third kappa shape index (κ3) is 5.49. The SMILES string of the molecule is COc1ccc(/C=N/NC(=O)CSc2nc(-c3ccccc3)nc3c2CCCC3)cc1. The van der Waals surface area contributed by atoms with Crippen molar-refractivity contribution in [2.45, 2.75) is 30.7 Å². The molecule has 0 spiro atoms. The number of rotatable bonds is 7. The second kappa shape index (κ2) is 10.2. The number of hydrogen-bond donors (Lipinski definition) is 1. The standard InChI is InChI=1S/C24H24N4O2S/c1-30-19-13-11-17(12-14-19)15-25-28-22(29)16-31-24-20-9-5-6-10-21(20)26-23(27-24)18-7-3-2-4-8-18/h2-4,7-8,11-15H,5-6,9-10,16H2,1H3,(H,28,29)/b25-15+. The molecule has 7 heteroatoms. The van der Waals surface area contributed by atoms with Gasteiger partial charge in [-0.05, 0) is 55.5 Å². The van der Waals surface area contributed by atoms with E-state index in [0.29, 0.717) is 0 Å². The van der Waals surface area contributed by atoms with Crippen molar-refractivity contribution in [2.75, 3.05) is 12.9 Å². The predicted molar refractivity (Wildman–Crippen MR) is 124 cm³/mol. The van der Waals surface area contributed by atoms with Crippen molar-refractivity contribution >= 4 is 23.9 Å². The number of hydrazone groups is 1. The van der Waals surface area contributed by atoms with Crippen molar-refractivity contribution in [1.29, 1.82) is 0 Å². The average Bonchev–Trinajstić information content (AvgIpc) is 2.83. The second-order valence-electron chi connectivity index (χ2n) is 7.21. The predicted octanol–water partition coefficient (Wildman–Crippen LogP) is 4.27. The Bertz CT molecular complexity index is 1070. The Morgan fingerprint density at radius 2 is 1.87 bits per heavy atom. The molecule has 1 aliphatic carbocycles. The number of thioether (sulfide) groups is 1. The number of nitrogens with one attached hydrogen (secondary N) is 1. The van der Waals surface area contributed by atoms with Crippen LogP contribution >= 0.6 is 11.8 Å². The zero-order chi connectivity index (χ0) is 21.5. The minimum Gasteiger partial charge on any atom is -0.497 e. The number of amides is 1. The van der Waals surface area contributed by atoms with Gasteiger partial charge in [0.2, 0.25) is 5.91 Å². The molecule has 0 saturated carbocycles. The van der Waals surface area contributed by atoms with Gasteiger partial charge in [0.05, 0.1) is 19.1 Å². The van der Waals surface area contributed by atoms with Crippen LogP contribution in [-0.2, 0) is 17.6 Å². The summed E-state index contributed by atoms with van der Waals surface area (Å²) in [5.41, 5.74) is 6.76. The number of ether oxygens (including phenoxy) is 1. The zero-order valence-electron chi connectivity index (χ0n) is 17.4. The van der Waals surface area contributed by atoms with E-state index >= 15 is 0 Å². The van der Waals surface area contributed by atoms with Gasteiger partial charge >= 0.3 is 0 Å². The fourth-order valence-corrected chi connectivity index (χ4v) is 4.31. The molecule has 0 saturated heterocycles. The lowest BCUT2D eigenvalue weighted by Gasteiger charge is -2.18. The molecule has 0 atom stereocenters. The van der Waals surface area contributed by atoms with Crippen molar-refractivity contribution in [3.8, 4) is 17.1 Å². The first-order valence-corrected chi connectivity index (χ1v) is 11.3. The molecule has 0 radical (unpaired) electrons. The van der Waals surface area contributed by atoms with Crippen LogP contribution in [0.4, 0.5) is 0 Å². The van der Waals surface area contributed by atoms with E-state index in [0.717, 1.165) is 59.1 Å². The average molecular weight is 433 g/mol. The zero-order valence-corrected chi connectivity index (χ0v) is 18.2. The summed E-state index contributed by atoms with van der Waals surface area (Å²) in [7, 11) is 1.62. The monoisotopic (exact) mass is 432 g/mol. The fourth-order valence-electron chi connectivity index (χ4n) is 3.43. The van der Waals surface area contributed by atoms with Crippen molar-refractivity contribution in [3.63, 3.8) is 0 Å². The number of fused-ring (bicyclic) bond motifs is 1. The highest BCUT2D eigenvalue weighted by Gasteiger charge is 2.19. The van der Waals surface area contributed by atoms with Crippen LogP contribution in [0, 0.1) is 0 Å². The molecule has 3 aromatic rings. The van der Waals surface area contributed by atoms with E-state index in [4.69, 9.17) is 14.7 Å². The molecule has 0 unspecified atom stereocenters. The summed E-state index contributed by atoms with van der Waals surface area (Å²) in [5, 5.41) is 4.95. The Hall–Kier alpha value is -3.19. The van der Waals surface area contributed by atoms with E-state index in [1.54, 1.807) is 13.3 Å². The molecule has 1 aromatic heterocycles. The van der Waals surface area contributed by atoms with Crippen LogP contribution in [-0.4, -0.2) is 35.0 Å². The largest absolute Gasteiger partial charge is 0.497 e. The number of carbonyl (C=O) groups is 1. The lowest BCUT2D eigenvalue weighted by Crippen LogP contribution is -2.20. The van der Waals surface area contributed by atoms with E-state index in [2.05, 4.69) is 10.5 Å². The molecule has 4 rings (SSSR count). The first-order chi connectivity index (χ1) is 15.2. The Morgan fingerprint density at radius 3 is 2.65 bits per heavy atom. The summed E-state index contributed by atoms with van der Waals surface area (Å²) in [6.07, 6.45) is 5.81. The van der Waals surface area contributed by atoms with E-state index in [1.807, 2.05) is 54.6 Å². The van der Waals surface area contributed by atoms with Crippen LogP contribution in [0.15, 0.2) is 64.7 Å². The first kappa shape index (κ1) is 21.1. The number of benzene rings is 2. The van der Waals surface area contributed by atoms with Gasteiger partial charge < -0.3 is 4.74 Å². The van der Waals surface area contributed by atoms with Crippen molar-refractivity contribution in [2.24, 2.45) is 5.10 Å². The molecule has 0 bridgehead atoms. The Balaban J connectivity index is 1.42. The third-order valence-corrected chi connectivity index (χ3v) is 6.05. The summed E-state index contributed by atoms with van der Waals surface area (Å²) < 4.78 is 5.13. The molecule has 1 aliphatic rings. The molecule has 1 N–H and O–H groups in total. The van der Waals surface area contributed by atoms with Crippen LogP contribution in [0.3, 0.4) is 0 Å². The van der Waals surface area contributed by atoms with Gasteiger partial charge in [-0.3, -0.25) is 4.79 Å². The maximum absolute atomic E-state index is 12.3. The van der Waals surface area contributed by atoms with Gasteiger partial charge in [-0.1, -0.05) is 42.1 Å². The Labute approximate surface area is 186 Å². The van der Waals surface area contributed by atoms with Gasteiger partial charge in [0.15, 0.2) is 5.82 Å². The highest BCUT2D eigenvalue weighted by molar-refractivity contribution is 7.99. The van der Waals surface area contributed by atoms with Crippen LogP contribution in [0.1, 0.15) is 29.7 Å². The fraction of sp³-hybridized carbons (Fsp3) is 0.250. The molecule has 0 aliphatic heterocycles. The molecule has 0 fully saturated rings. The van der Waals surface area contributed by atoms with Gasteiger partial charge in [0.1, 0.15) is 10.8 Å². The van der Waals surface area contributed by atoms with Gasteiger partial charge in [-0.15, -0.1) is 0 Å². The molecule has 1 heterocycles. The third-order valence-electron chi connectivity index (χ3n) is 5.04. The molecule has 158 valence electrons. The molecular weight excluding hydrogens is 408 g/mol. The van der Waals surface area contributed by atoms with Crippen molar-refractivity contribution in [3.05, 3.63) is 71.4 Å². The Kier molecular flexibility index (Phi) is 6.94. The van der Waals surface area contributed by atoms with Gasteiger partial charge in [-0.2, -0.15) is 5.10 Å². The Morgan fingerprint density at radius 1 is 1.10 bits per heavy atom. The molecule has 31 heavy (non-hydrogen) atoms. The first-order valence-electron chi connectivity index (χ1n) is 10.3. The summed E-state index contributed by atoms with van der Waals surface area (Å²) in [6, 6.07) is 17.4. The van der Waals surface area contributed by atoms with Crippen LogP contribution in [0.2, 0.25) is 0 Å². The quantitative estimate of drug-likeness (QED) is 0.261. The van der Waals surface area contributed by atoms with E-state index in [1.165, 1.54) is 17.3 Å². The molecular formula is C24H24N4O2S. The van der Waals surface area contributed by atoms with Crippen molar-refractivity contribution < 1.29 is 9.53 Å². The number of aromatic nitrogens is 2. The molecule has 2 aromatic carbocycles. The minimum absolute atomic E-state index is 0.167. The van der Waals surface area contributed by atoms with Crippen LogP contribution in [0.5, 0.6) is 5.75 Å². The lowest BCUT2D eigenvalue weighted by atomic mass is 9.97. The maximum Gasteiger partial charge on any atom is 0.250 e. The lowest BCUT2D eigenvalue weighted by molar-refractivity contribution is -0.118. The smallest absolute Gasteiger partial charge is 0.250 e. The highest BCUT2D eigenvalue weighted by atomic mass is 32.2. The molecule has 1 amide bonds. The topological polar surface area (TPSA) is 76.5 Å². The summed E-state index contributed by atoms with van der Waals surface area (Å²) in [4.78, 5) is 21.9. The number of hydrogen-bond acceptors (Lipinski definition) is 6. The second-order valence-corrected chi connectivity index (χ2v) is 8.17. The number of nitrogens with zero attached hydrogens (tertiary/aromatic N) is 3. The minimum atomic E-state index is -0.167. The van der Waals surface area contributed by atoms with Gasteiger partial charge in [0, 0.05) is 16.8 Å². The number of methoxy groups -OCH3 is 1. The summed E-state index contributed by atoms with van der Waals surface area (Å²) >= 11 is 1.45. The molecule has 6 nitrogen and oxygen atoms in total. The number of aryl methyl sites for hydroxylation is 1. The van der Waals surface area contributed by atoms with Gasteiger partial charge in [-0.25, -0.2) is 15.4 Å². The van der Waals surface area contributed by atoms with Crippen LogP contribution < -0.4 is 10.2 Å². The number of carbonyl (C=O) groups excluding carboxylic acids is 1. The summed E-state index contributed by atoms with van der Waals surface area (Å²) in [6.45, 7) is 0. The normalized spacial score (nSPS) is 13.1. The highest BCUT2D eigenvalue weighted by Crippen LogP contribution is 2.31. The maximum atomic E-state index is 12.3. The summed E-state index contributed by atoms with van der Waals surface area (Å²) in [5.74, 6) is 1.58. The van der Waals surface area contributed by atoms with E-state index in [9.17, 15) is 4.79 Å². The van der Waals surface area contributed by atoms with E-state index in [-0.39, 0.29) is 11.7 Å². The van der Waals surface area contributed by atoms with Crippen LogP contribution in [0.25, 0.3) is 11.4 Å².